The van der Waals surface area contributed by atoms with Gasteiger partial charge in [0.1, 0.15) is 17.5 Å². The van der Waals surface area contributed by atoms with Crippen LogP contribution in [0, 0.1) is 13.8 Å². The number of piperazine rings is 1. The highest BCUT2D eigenvalue weighted by Gasteiger charge is 2.18. The van der Waals surface area contributed by atoms with Crippen molar-refractivity contribution in [2.45, 2.75) is 41.5 Å². The van der Waals surface area contributed by atoms with Gasteiger partial charge in [0.05, 0.1) is 18.1 Å². The van der Waals surface area contributed by atoms with E-state index in [2.05, 4.69) is 54.0 Å². The second-order valence-corrected chi connectivity index (χ2v) is 6.26. The molecule has 6 heteroatoms. The first-order valence-corrected chi connectivity index (χ1v) is 10.3. The standard InChI is InChI=1S/C18H22N6.2C2H6/c1-13-19-11-17(21-13)15-3-5-16(6-4-15)23-7-9-24(10-8-23)18-12-20-14(2)22-18;2*1-2/h3-6,11-12H,7-10H2,1-2H3,(H,19,21)(H,20,22);2*1-2H3. The summed E-state index contributed by atoms with van der Waals surface area (Å²) in [5.41, 5.74) is 3.51. The molecule has 1 saturated heterocycles. The Balaban J connectivity index is 0.000000660. The summed E-state index contributed by atoms with van der Waals surface area (Å²) < 4.78 is 0. The monoisotopic (exact) mass is 382 g/mol. The maximum Gasteiger partial charge on any atom is 0.126 e. The highest BCUT2D eigenvalue weighted by atomic mass is 15.3. The molecule has 3 aromatic rings. The molecule has 0 unspecified atom stereocenters. The molecule has 2 N–H and O–H groups in total. The fourth-order valence-corrected chi connectivity index (χ4v) is 3.19. The molecule has 28 heavy (non-hydrogen) atoms. The van der Waals surface area contributed by atoms with E-state index in [9.17, 15) is 0 Å². The van der Waals surface area contributed by atoms with Crippen LogP contribution in [-0.4, -0.2) is 46.1 Å². The number of hydrogen-bond donors (Lipinski definition) is 2. The maximum atomic E-state index is 4.29. The van der Waals surface area contributed by atoms with Crippen molar-refractivity contribution < 1.29 is 0 Å². The summed E-state index contributed by atoms with van der Waals surface area (Å²) in [6.07, 6.45) is 3.81. The molecule has 2 aromatic heterocycles. The minimum absolute atomic E-state index is 0.944. The molecular weight excluding hydrogens is 348 g/mol. The zero-order valence-electron chi connectivity index (χ0n) is 18.1. The number of benzene rings is 1. The number of hydrogen-bond acceptors (Lipinski definition) is 4. The number of H-pyrrole nitrogens is 2. The molecule has 0 saturated carbocycles. The van der Waals surface area contributed by atoms with Crippen molar-refractivity contribution in [1.29, 1.82) is 0 Å². The van der Waals surface area contributed by atoms with E-state index in [4.69, 9.17) is 0 Å². The van der Waals surface area contributed by atoms with E-state index in [0.717, 1.165) is 49.3 Å². The third-order valence-corrected chi connectivity index (χ3v) is 4.56. The topological polar surface area (TPSA) is 63.8 Å². The van der Waals surface area contributed by atoms with E-state index in [0.29, 0.717) is 0 Å². The number of aromatic nitrogens is 4. The highest BCUT2D eigenvalue weighted by molar-refractivity contribution is 5.63. The number of nitrogens with one attached hydrogen (secondary N) is 2. The molecule has 0 radical (unpaired) electrons. The number of anilines is 2. The summed E-state index contributed by atoms with van der Waals surface area (Å²) in [7, 11) is 0. The van der Waals surface area contributed by atoms with E-state index in [-0.39, 0.29) is 0 Å². The van der Waals surface area contributed by atoms with Crippen LogP contribution in [0.3, 0.4) is 0 Å². The molecule has 0 amide bonds. The zero-order chi connectivity index (χ0) is 20.5. The Bertz CT molecular complexity index is 810. The van der Waals surface area contributed by atoms with Crippen molar-refractivity contribution in [3.05, 3.63) is 48.3 Å². The normalized spacial score (nSPS) is 13.4. The third-order valence-electron chi connectivity index (χ3n) is 4.56. The largest absolute Gasteiger partial charge is 0.368 e. The predicted octanol–water partition coefficient (Wildman–Crippen LogP) is 4.80. The molecule has 1 fully saturated rings. The van der Waals surface area contributed by atoms with Crippen LogP contribution in [0.5, 0.6) is 0 Å². The fourth-order valence-electron chi connectivity index (χ4n) is 3.19. The lowest BCUT2D eigenvalue weighted by Crippen LogP contribution is -2.46. The Kier molecular flexibility index (Phi) is 8.11. The number of imidazole rings is 2. The van der Waals surface area contributed by atoms with E-state index in [1.807, 2.05) is 53.9 Å². The van der Waals surface area contributed by atoms with E-state index in [1.54, 1.807) is 0 Å². The van der Waals surface area contributed by atoms with Crippen LogP contribution >= 0.6 is 0 Å². The van der Waals surface area contributed by atoms with Gasteiger partial charge in [-0.15, -0.1) is 0 Å². The third kappa shape index (κ3) is 5.15. The van der Waals surface area contributed by atoms with Crippen molar-refractivity contribution in [3.8, 4) is 11.3 Å². The summed E-state index contributed by atoms with van der Waals surface area (Å²) in [4.78, 5) is 19.9. The maximum absolute atomic E-state index is 4.29. The van der Waals surface area contributed by atoms with E-state index >= 15 is 0 Å². The van der Waals surface area contributed by atoms with Crippen molar-refractivity contribution in [3.63, 3.8) is 0 Å². The highest BCUT2D eigenvalue weighted by Crippen LogP contribution is 2.23. The Hall–Kier alpha value is -2.76. The van der Waals surface area contributed by atoms with Crippen LogP contribution in [0.25, 0.3) is 11.3 Å². The van der Waals surface area contributed by atoms with Crippen molar-refractivity contribution >= 4 is 11.5 Å². The number of rotatable bonds is 3. The molecule has 1 aliphatic heterocycles. The number of aryl methyl sites for hydroxylation is 2. The smallest absolute Gasteiger partial charge is 0.126 e. The van der Waals surface area contributed by atoms with Gasteiger partial charge in [0.25, 0.3) is 0 Å². The van der Waals surface area contributed by atoms with Crippen molar-refractivity contribution in [2.75, 3.05) is 36.0 Å². The Morgan fingerprint density at radius 2 is 1.25 bits per heavy atom. The van der Waals surface area contributed by atoms with Crippen molar-refractivity contribution in [2.24, 2.45) is 0 Å². The lowest BCUT2D eigenvalue weighted by Gasteiger charge is -2.36. The Labute approximate surface area is 169 Å². The van der Waals surface area contributed by atoms with E-state index in [1.165, 1.54) is 11.3 Å². The number of nitrogens with zero attached hydrogens (tertiary/aromatic N) is 4. The van der Waals surface area contributed by atoms with Gasteiger partial charge in [-0.25, -0.2) is 9.97 Å². The second kappa shape index (κ2) is 10.5. The first-order valence-electron chi connectivity index (χ1n) is 10.3. The quantitative estimate of drug-likeness (QED) is 0.683. The van der Waals surface area contributed by atoms with E-state index < -0.39 is 0 Å². The summed E-state index contributed by atoms with van der Waals surface area (Å²) in [6.45, 7) is 16.0. The molecule has 152 valence electrons. The van der Waals surface area contributed by atoms with Crippen LogP contribution in [0.4, 0.5) is 11.5 Å². The number of aromatic amines is 2. The molecule has 0 atom stereocenters. The SMILES string of the molecule is CC.CC.Cc1ncc(-c2ccc(N3CCN(c4cnc(C)[nH]4)CC3)cc2)[nH]1. The molecule has 3 heterocycles. The minimum Gasteiger partial charge on any atom is -0.368 e. The van der Waals surface area contributed by atoms with Gasteiger partial charge in [-0.05, 0) is 31.5 Å². The summed E-state index contributed by atoms with van der Waals surface area (Å²) in [6, 6.07) is 8.71. The first-order chi connectivity index (χ1) is 13.7. The van der Waals surface area contributed by atoms with Gasteiger partial charge in [0, 0.05) is 31.9 Å². The molecule has 4 rings (SSSR count). The van der Waals surface area contributed by atoms with Gasteiger partial charge in [-0.2, -0.15) is 0 Å². The van der Waals surface area contributed by atoms with Gasteiger partial charge < -0.3 is 19.8 Å². The fraction of sp³-hybridized carbons (Fsp3) is 0.455. The van der Waals surface area contributed by atoms with Crippen LogP contribution in [0.1, 0.15) is 39.3 Å². The Morgan fingerprint density at radius 3 is 1.75 bits per heavy atom. The molecule has 0 aliphatic carbocycles. The molecule has 0 bridgehead atoms. The lowest BCUT2D eigenvalue weighted by molar-refractivity contribution is 0.648. The van der Waals surface area contributed by atoms with Crippen LogP contribution in [0.2, 0.25) is 0 Å². The predicted molar refractivity (Wildman–Crippen MR) is 119 cm³/mol. The summed E-state index contributed by atoms with van der Waals surface area (Å²) in [5, 5.41) is 0. The molecule has 1 aliphatic rings. The van der Waals surface area contributed by atoms with Gasteiger partial charge in [0.15, 0.2) is 0 Å². The van der Waals surface area contributed by atoms with Crippen LogP contribution < -0.4 is 9.80 Å². The molecular formula is C22H34N6. The second-order valence-electron chi connectivity index (χ2n) is 6.26. The van der Waals surface area contributed by atoms with Gasteiger partial charge in [0.2, 0.25) is 0 Å². The lowest BCUT2D eigenvalue weighted by atomic mass is 10.1. The molecule has 0 spiro atoms. The summed E-state index contributed by atoms with van der Waals surface area (Å²) >= 11 is 0. The Morgan fingerprint density at radius 1 is 0.714 bits per heavy atom. The van der Waals surface area contributed by atoms with Gasteiger partial charge >= 0.3 is 0 Å². The first kappa shape index (κ1) is 21.5. The van der Waals surface area contributed by atoms with Crippen LogP contribution in [0.15, 0.2) is 36.7 Å². The molecule has 1 aromatic carbocycles. The average molecular weight is 383 g/mol. The minimum atomic E-state index is 0.944. The molecule has 6 nitrogen and oxygen atoms in total. The van der Waals surface area contributed by atoms with Crippen molar-refractivity contribution in [1.82, 2.24) is 19.9 Å². The average Bonchev–Trinajstić information content (AvgIpc) is 3.40. The van der Waals surface area contributed by atoms with Gasteiger partial charge in [-0.1, -0.05) is 39.8 Å². The van der Waals surface area contributed by atoms with Gasteiger partial charge in [-0.3, -0.25) is 0 Å². The van der Waals surface area contributed by atoms with Crippen LogP contribution in [-0.2, 0) is 0 Å². The summed E-state index contributed by atoms with van der Waals surface area (Å²) in [5.74, 6) is 3.04. The zero-order valence-corrected chi connectivity index (χ0v) is 18.1.